The zero-order valence-corrected chi connectivity index (χ0v) is 19.6. The Balaban J connectivity index is 1.73. The maximum absolute atomic E-state index is 13.2. The van der Waals surface area contributed by atoms with Gasteiger partial charge in [0.1, 0.15) is 6.04 Å². The summed E-state index contributed by atoms with van der Waals surface area (Å²) in [5.41, 5.74) is 0. The van der Waals surface area contributed by atoms with E-state index >= 15 is 0 Å². The maximum Gasteiger partial charge on any atom is 0.243 e. The fourth-order valence-corrected chi connectivity index (χ4v) is 5.42. The Morgan fingerprint density at radius 1 is 1.12 bits per heavy atom. The number of carbonyl (C=O) groups excluding carboxylic acids is 2. The second-order valence-electron chi connectivity index (χ2n) is 8.61. The quantitative estimate of drug-likeness (QED) is 0.521. The van der Waals surface area contributed by atoms with Gasteiger partial charge in [-0.05, 0) is 44.2 Å². The van der Waals surface area contributed by atoms with Gasteiger partial charge in [-0.25, -0.2) is 13.1 Å². The van der Waals surface area contributed by atoms with Gasteiger partial charge in [0.15, 0.2) is 0 Å². The highest BCUT2D eigenvalue weighted by atomic mass is 32.2. The van der Waals surface area contributed by atoms with E-state index in [-0.39, 0.29) is 29.5 Å². The second-order valence-corrected chi connectivity index (χ2v) is 10.4. The number of hydrogen-bond acceptors (Lipinski definition) is 5. The van der Waals surface area contributed by atoms with Crippen LogP contribution in [0.4, 0.5) is 0 Å². The van der Waals surface area contributed by atoms with Gasteiger partial charge in [-0.3, -0.25) is 9.59 Å². The molecular weight excluding hydrogens is 430 g/mol. The fourth-order valence-electron chi connectivity index (χ4n) is 4.42. The summed E-state index contributed by atoms with van der Waals surface area (Å²) in [5.74, 6) is -0.573. The van der Waals surface area contributed by atoms with Crippen molar-refractivity contribution in [3.63, 3.8) is 0 Å². The fraction of sp³-hybridized carbons (Fsp3) is 0.652. The predicted molar refractivity (Wildman–Crippen MR) is 121 cm³/mol. The van der Waals surface area contributed by atoms with E-state index in [4.69, 9.17) is 4.74 Å². The third-order valence-electron chi connectivity index (χ3n) is 6.15. The molecule has 3 rings (SSSR count). The van der Waals surface area contributed by atoms with Crippen LogP contribution in [0, 0.1) is 0 Å². The molecule has 2 atom stereocenters. The Kier molecular flexibility index (Phi) is 9.07. The lowest BCUT2D eigenvalue weighted by Crippen LogP contribution is -2.55. The highest BCUT2D eigenvalue weighted by molar-refractivity contribution is 7.89. The summed E-state index contributed by atoms with van der Waals surface area (Å²) in [6.45, 7) is 2.50. The first-order valence-electron chi connectivity index (χ1n) is 11.7. The molecule has 2 fully saturated rings. The van der Waals surface area contributed by atoms with Gasteiger partial charge in [0, 0.05) is 19.2 Å². The summed E-state index contributed by atoms with van der Waals surface area (Å²) < 4.78 is 33.3. The zero-order valence-electron chi connectivity index (χ0n) is 18.8. The first-order valence-corrected chi connectivity index (χ1v) is 13.1. The van der Waals surface area contributed by atoms with E-state index in [1.54, 1.807) is 18.2 Å². The average molecular weight is 466 g/mol. The minimum absolute atomic E-state index is 0.0996. The first-order chi connectivity index (χ1) is 15.4. The van der Waals surface area contributed by atoms with Gasteiger partial charge in [-0.1, -0.05) is 44.4 Å². The van der Waals surface area contributed by atoms with Crippen molar-refractivity contribution >= 4 is 21.8 Å². The minimum Gasteiger partial charge on any atom is -0.376 e. The number of carbonyl (C=O) groups is 2. The Labute approximate surface area is 191 Å². The third-order valence-corrected chi connectivity index (χ3v) is 7.57. The lowest BCUT2D eigenvalue weighted by Gasteiger charge is -2.33. The number of sulfonamides is 1. The van der Waals surface area contributed by atoms with Crippen LogP contribution in [0.2, 0.25) is 0 Å². The van der Waals surface area contributed by atoms with E-state index in [1.807, 2.05) is 6.92 Å². The summed E-state index contributed by atoms with van der Waals surface area (Å²) in [6.07, 6.45) is 6.97. The Bertz CT molecular complexity index is 850. The van der Waals surface area contributed by atoms with Crippen molar-refractivity contribution in [1.82, 2.24) is 14.9 Å². The molecular formula is C23H35N3O5S. The molecule has 1 aromatic carbocycles. The monoisotopic (exact) mass is 465 g/mol. The van der Waals surface area contributed by atoms with E-state index in [9.17, 15) is 18.0 Å². The number of benzene rings is 1. The normalized spacial score (nSPS) is 20.2. The molecule has 1 heterocycles. The van der Waals surface area contributed by atoms with E-state index < -0.39 is 28.5 Å². The summed E-state index contributed by atoms with van der Waals surface area (Å²) in [7, 11) is -3.82. The van der Waals surface area contributed by atoms with Gasteiger partial charge in [0.2, 0.25) is 21.8 Å². The molecule has 1 aliphatic heterocycles. The molecule has 0 spiro atoms. The van der Waals surface area contributed by atoms with Gasteiger partial charge in [0.25, 0.3) is 0 Å². The van der Waals surface area contributed by atoms with Crippen LogP contribution in [0.1, 0.15) is 58.3 Å². The van der Waals surface area contributed by atoms with Crippen molar-refractivity contribution in [3.05, 3.63) is 30.3 Å². The molecule has 8 nitrogen and oxygen atoms in total. The zero-order chi connectivity index (χ0) is 23.0. The number of rotatable bonds is 11. The van der Waals surface area contributed by atoms with E-state index in [0.29, 0.717) is 13.0 Å². The number of nitrogens with one attached hydrogen (secondary N) is 2. The second kappa shape index (κ2) is 11.8. The first kappa shape index (κ1) is 24.7. The highest BCUT2D eigenvalue weighted by Gasteiger charge is 2.34. The molecule has 0 unspecified atom stereocenters. The molecule has 0 bridgehead atoms. The Hall–Kier alpha value is -1.97. The van der Waals surface area contributed by atoms with Crippen LogP contribution in [0.25, 0.3) is 0 Å². The number of amides is 2. The molecule has 0 aromatic heterocycles. The maximum atomic E-state index is 13.2. The van der Waals surface area contributed by atoms with Crippen LogP contribution in [-0.2, 0) is 24.3 Å². The third kappa shape index (κ3) is 6.76. The van der Waals surface area contributed by atoms with Crippen molar-refractivity contribution in [2.45, 2.75) is 81.4 Å². The highest BCUT2D eigenvalue weighted by Crippen LogP contribution is 2.20. The lowest BCUT2D eigenvalue weighted by molar-refractivity contribution is -0.142. The van der Waals surface area contributed by atoms with Crippen LogP contribution >= 0.6 is 0 Å². The van der Waals surface area contributed by atoms with Gasteiger partial charge in [0.05, 0.1) is 17.5 Å². The van der Waals surface area contributed by atoms with Crippen molar-refractivity contribution < 1.29 is 22.7 Å². The number of hydrogen-bond donors (Lipinski definition) is 2. The smallest absolute Gasteiger partial charge is 0.243 e. The van der Waals surface area contributed by atoms with Gasteiger partial charge >= 0.3 is 0 Å². The molecule has 2 N–H and O–H groups in total. The number of ether oxygens (including phenoxy) is 1. The van der Waals surface area contributed by atoms with Crippen molar-refractivity contribution in [1.29, 1.82) is 0 Å². The molecule has 1 aromatic rings. The van der Waals surface area contributed by atoms with Crippen molar-refractivity contribution in [2.75, 3.05) is 19.7 Å². The molecule has 9 heteroatoms. The van der Waals surface area contributed by atoms with Crippen LogP contribution < -0.4 is 10.0 Å². The molecule has 1 saturated carbocycles. The summed E-state index contributed by atoms with van der Waals surface area (Å²) in [6, 6.07) is 7.45. The average Bonchev–Trinajstić information content (AvgIpc) is 3.49. The van der Waals surface area contributed by atoms with Gasteiger partial charge in [-0.15, -0.1) is 0 Å². The SMILES string of the molecule is CCC[C@@H](C(=O)NC1CCCC1)N(C[C@@H]1CCCO1)C(=O)CNS(=O)(=O)c1ccccc1. The van der Waals surface area contributed by atoms with Gasteiger partial charge in [-0.2, -0.15) is 0 Å². The minimum atomic E-state index is -3.82. The lowest BCUT2D eigenvalue weighted by atomic mass is 10.1. The van der Waals surface area contributed by atoms with E-state index in [1.165, 1.54) is 17.0 Å². The molecule has 178 valence electrons. The molecule has 2 amide bonds. The van der Waals surface area contributed by atoms with Crippen molar-refractivity contribution in [2.24, 2.45) is 0 Å². The van der Waals surface area contributed by atoms with Crippen LogP contribution in [-0.4, -0.2) is 63.0 Å². The molecule has 0 radical (unpaired) electrons. The molecule has 1 saturated heterocycles. The van der Waals surface area contributed by atoms with Crippen LogP contribution in [0.5, 0.6) is 0 Å². The summed E-state index contributed by atoms with van der Waals surface area (Å²) in [4.78, 5) is 28.0. The number of nitrogens with zero attached hydrogens (tertiary/aromatic N) is 1. The van der Waals surface area contributed by atoms with E-state index in [0.717, 1.165) is 44.9 Å². The van der Waals surface area contributed by atoms with Gasteiger partial charge < -0.3 is 15.0 Å². The summed E-state index contributed by atoms with van der Waals surface area (Å²) in [5, 5.41) is 3.11. The summed E-state index contributed by atoms with van der Waals surface area (Å²) >= 11 is 0. The molecule has 1 aliphatic carbocycles. The van der Waals surface area contributed by atoms with Crippen LogP contribution in [0.3, 0.4) is 0 Å². The van der Waals surface area contributed by atoms with E-state index in [2.05, 4.69) is 10.0 Å². The molecule has 32 heavy (non-hydrogen) atoms. The Morgan fingerprint density at radius 2 is 1.84 bits per heavy atom. The largest absolute Gasteiger partial charge is 0.376 e. The standard InChI is InChI=1S/C23H35N3O5S/c1-2-9-21(23(28)25-18-10-6-7-11-18)26(17-19-12-8-15-31-19)22(27)16-24-32(29,30)20-13-4-3-5-14-20/h3-5,13-14,18-19,21,24H,2,6-12,15-17H2,1H3,(H,25,28)/t19-,21-/m0/s1. The Morgan fingerprint density at radius 3 is 2.47 bits per heavy atom. The predicted octanol–water partition coefficient (Wildman–Crippen LogP) is 2.20. The topological polar surface area (TPSA) is 105 Å². The molecule has 2 aliphatic rings. The van der Waals surface area contributed by atoms with Crippen LogP contribution in [0.15, 0.2) is 35.2 Å². The van der Waals surface area contributed by atoms with Crippen molar-refractivity contribution in [3.8, 4) is 0 Å².